The zero-order valence-electron chi connectivity index (χ0n) is 6.55. The zero-order valence-corrected chi connectivity index (χ0v) is 7.31. The van der Waals surface area contributed by atoms with Crippen LogP contribution in [0.25, 0.3) is 11.3 Å². The van der Waals surface area contributed by atoms with Gasteiger partial charge in [0.25, 0.3) is 0 Å². The highest BCUT2D eigenvalue weighted by molar-refractivity contribution is 6.31. The topological polar surface area (TPSA) is 51.6 Å². The number of nitrogens with zero attached hydrogens (tertiary/aromatic N) is 4. The Hall–Kier alpha value is -1.55. The highest BCUT2D eigenvalue weighted by Crippen LogP contribution is 2.21. The second-order valence-electron chi connectivity index (χ2n) is 2.32. The van der Waals surface area contributed by atoms with E-state index in [9.17, 15) is 0 Å². The summed E-state index contributed by atoms with van der Waals surface area (Å²) in [5.41, 5.74) is 1.37. The molecule has 0 aliphatic rings. The van der Waals surface area contributed by atoms with Gasteiger partial charge in [-0.1, -0.05) is 11.6 Å². The third-order valence-electron chi connectivity index (χ3n) is 1.50. The predicted molar refractivity (Wildman–Crippen MR) is 48.1 cm³/mol. The summed E-state index contributed by atoms with van der Waals surface area (Å²) in [6, 6.07) is 0. The molecule has 0 atom stereocenters. The van der Waals surface area contributed by atoms with Gasteiger partial charge in [0, 0.05) is 18.6 Å². The smallest absolute Gasteiger partial charge is 0.141 e. The highest BCUT2D eigenvalue weighted by Gasteiger charge is 2.04. The Morgan fingerprint density at radius 2 is 1.92 bits per heavy atom. The minimum Gasteiger partial charge on any atom is -0.261 e. The second kappa shape index (κ2) is 3.45. The van der Waals surface area contributed by atoms with E-state index in [1.54, 1.807) is 24.8 Å². The van der Waals surface area contributed by atoms with Crippen LogP contribution >= 0.6 is 11.6 Å². The first-order valence-electron chi connectivity index (χ1n) is 3.60. The van der Waals surface area contributed by atoms with Gasteiger partial charge in [0.15, 0.2) is 0 Å². The molecule has 2 aromatic rings. The number of halogens is 1. The lowest BCUT2D eigenvalue weighted by atomic mass is 10.2. The molecule has 0 unspecified atom stereocenters. The Bertz CT molecular complexity index is 404. The van der Waals surface area contributed by atoms with Crippen LogP contribution in [-0.2, 0) is 0 Å². The van der Waals surface area contributed by atoms with E-state index in [-0.39, 0.29) is 0 Å². The van der Waals surface area contributed by atoms with E-state index < -0.39 is 0 Å². The van der Waals surface area contributed by atoms with Crippen molar-refractivity contribution in [3.8, 4) is 11.3 Å². The molecule has 5 heteroatoms. The molecule has 2 rings (SSSR count). The molecular weight excluding hydrogens is 188 g/mol. The average molecular weight is 193 g/mol. The van der Waals surface area contributed by atoms with Crippen LogP contribution in [0.5, 0.6) is 0 Å². The third-order valence-corrected chi connectivity index (χ3v) is 1.80. The van der Waals surface area contributed by atoms with Crippen molar-refractivity contribution in [2.45, 2.75) is 0 Å². The summed E-state index contributed by atoms with van der Waals surface area (Å²) in [5.74, 6) is 0. The Kier molecular flexibility index (Phi) is 2.14. The quantitative estimate of drug-likeness (QED) is 0.644. The summed E-state index contributed by atoms with van der Waals surface area (Å²) in [5, 5.41) is 0.385. The van der Waals surface area contributed by atoms with Gasteiger partial charge < -0.3 is 0 Å². The van der Waals surface area contributed by atoms with Crippen molar-refractivity contribution in [1.29, 1.82) is 0 Å². The number of hydrogen-bond donors (Lipinski definition) is 0. The van der Waals surface area contributed by atoms with Gasteiger partial charge in [-0.05, 0) is 0 Å². The molecule has 13 heavy (non-hydrogen) atoms. The standard InChI is InChI=1S/C8H5ClN4/c9-8-6(3-11-5-13-8)7-4-10-1-2-12-7/h1-5H. The molecule has 0 bridgehead atoms. The highest BCUT2D eigenvalue weighted by atomic mass is 35.5. The molecule has 0 aromatic carbocycles. The van der Waals surface area contributed by atoms with Crippen molar-refractivity contribution in [2.24, 2.45) is 0 Å². The molecule has 0 radical (unpaired) electrons. The van der Waals surface area contributed by atoms with Crippen molar-refractivity contribution < 1.29 is 0 Å². The van der Waals surface area contributed by atoms with Crippen molar-refractivity contribution in [1.82, 2.24) is 19.9 Å². The third kappa shape index (κ3) is 1.62. The van der Waals surface area contributed by atoms with E-state index in [1.165, 1.54) is 6.33 Å². The largest absolute Gasteiger partial charge is 0.261 e. The van der Waals surface area contributed by atoms with Gasteiger partial charge in [-0.25, -0.2) is 9.97 Å². The van der Waals surface area contributed by atoms with Crippen LogP contribution in [0.3, 0.4) is 0 Å². The van der Waals surface area contributed by atoms with Crippen LogP contribution in [-0.4, -0.2) is 19.9 Å². The first-order chi connectivity index (χ1) is 6.38. The van der Waals surface area contributed by atoms with Gasteiger partial charge in [-0.15, -0.1) is 0 Å². The van der Waals surface area contributed by atoms with E-state index in [4.69, 9.17) is 11.6 Å². The molecule has 0 N–H and O–H groups in total. The van der Waals surface area contributed by atoms with E-state index in [2.05, 4.69) is 19.9 Å². The van der Waals surface area contributed by atoms with Crippen LogP contribution in [0.2, 0.25) is 5.15 Å². The van der Waals surface area contributed by atoms with Gasteiger partial charge in [-0.3, -0.25) is 9.97 Å². The average Bonchev–Trinajstić information content (AvgIpc) is 2.20. The maximum absolute atomic E-state index is 5.84. The lowest BCUT2D eigenvalue weighted by Gasteiger charge is -1.99. The summed E-state index contributed by atoms with van der Waals surface area (Å²) in [6.07, 6.45) is 7.81. The summed E-state index contributed by atoms with van der Waals surface area (Å²) in [7, 11) is 0. The van der Waals surface area contributed by atoms with Crippen molar-refractivity contribution in [2.75, 3.05) is 0 Å². The minimum atomic E-state index is 0.385. The first-order valence-corrected chi connectivity index (χ1v) is 3.97. The molecule has 2 heterocycles. The number of hydrogen-bond acceptors (Lipinski definition) is 4. The van der Waals surface area contributed by atoms with Crippen LogP contribution in [0.4, 0.5) is 0 Å². The van der Waals surface area contributed by atoms with E-state index in [1.807, 2.05) is 0 Å². The van der Waals surface area contributed by atoms with Gasteiger partial charge in [0.2, 0.25) is 0 Å². The lowest BCUT2D eigenvalue weighted by Crippen LogP contribution is -1.88. The molecule has 0 saturated carbocycles. The monoisotopic (exact) mass is 192 g/mol. The lowest BCUT2D eigenvalue weighted by molar-refractivity contribution is 1.14. The fraction of sp³-hybridized carbons (Fsp3) is 0. The SMILES string of the molecule is Clc1ncncc1-c1cnccn1. The molecule has 4 nitrogen and oxygen atoms in total. The molecule has 0 fully saturated rings. The van der Waals surface area contributed by atoms with Gasteiger partial charge >= 0.3 is 0 Å². The molecule has 0 spiro atoms. The maximum atomic E-state index is 5.84. The van der Waals surface area contributed by atoms with E-state index in [0.29, 0.717) is 16.4 Å². The molecule has 0 amide bonds. The predicted octanol–water partition coefficient (Wildman–Crippen LogP) is 1.59. The van der Waals surface area contributed by atoms with E-state index >= 15 is 0 Å². The fourth-order valence-corrected chi connectivity index (χ4v) is 1.11. The molecular formula is C8H5ClN4. The van der Waals surface area contributed by atoms with Gasteiger partial charge in [0.1, 0.15) is 11.5 Å². The molecule has 0 aliphatic carbocycles. The zero-order chi connectivity index (χ0) is 9.10. The molecule has 2 aromatic heterocycles. The minimum absolute atomic E-state index is 0.385. The van der Waals surface area contributed by atoms with Crippen LogP contribution < -0.4 is 0 Å². The van der Waals surface area contributed by atoms with Crippen molar-refractivity contribution in [3.63, 3.8) is 0 Å². The van der Waals surface area contributed by atoms with Crippen molar-refractivity contribution in [3.05, 3.63) is 36.3 Å². The van der Waals surface area contributed by atoms with E-state index in [0.717, 1.165) is 0 Å². The second-order valence-corrected chi connectivity index (χ2v) is 2.68. The molecule has 0 saturated heterocycles. The Morgan fingerprint density at radius 3 is 2.62 bits per heavy atom. The van der Waals surface area contributed by atoms with Crippen LogP contribution in [0.15, 0.2) is 31.1 Å². The van der Waals surface area contributed by atoms with Crippen LogP contribution in [0, 0.1) is 0 Å². The van der Waals surface area contributed by atoms with Crippen LogP contribution in [0.1, 0.15) is 0 Å². The van der Waals surface area contributed by atoms with Crippen molar-refractivity contribution >= 4 is 11.6 Å². The number of aromatic nitrogens is 4. The van der Waals surface area contributed by atoms with Gasteiger partial charge in [-0.2, -0.15) is 0 Å². The number of rotatable bonds is 1. The molecule has 64 valence electrons. The Balaban J connectivity index is 2.54. The fourth-order valence-electron chi connectivity index (χ4n) is 0.925. The summed E-state index contributed by atoms with van der Waals surface area (Å²) < 4.78 is 0. The normalized spacial score (nSPS) is 9.92. The maximum Gasteiger partial charge on any atom is 0.141 e. The summed E-state index contributed by atoms with van der Waals surface area (Å²) in [4.78, 5) is 15.7. The Labute approximate surface area is 79.7 Å². The first kappa shape index (κ1) is 8.07. The molecule has 0 aliphatic heterocycles. The Morgan fingerprint density at radius 1 is 1.00 bits per heavy atom. The summed E-state index contributed by atoms with van der Waals surface area (Å²) in [6.45, 7) is 0. The summed E-state index contributed by atoms with van der Waals surface area (Å²) >= 11 is 5.84. The van der Waals surface area contributed by atoms with Gasteiger partial charge in [0.05, 0.1) is 17.5 Å².